The van der Waals surface area contributed by atoms with Gasteiger partial charge >= 0.3 is 0 Å². The molecule has 126 valence electrons. The Bertz CT molecular complexity index is 725. The van der Waals surface area contributed by atoms with E-state index in [4.69, 9.17) is 9.47 Å². The van der Waals surface area contributed by atoms with Crippen LogP contribution in [0.3, 0.4) is 0 Å². The molecule has 2 heterocycles. The number of halogens is 1. The summed E-state index contributed by atoms with van der Waals surface area (Å²) in [7, 11) is -2.53. The van der Waals surface area contributed by atoms with Crippen molar-refractivity contribution in [2.45, 2.75) is 29.8 Å². The lowest BCUT2D eigenvalue weighted by molar-refractivity contribution is -0.117. The lowest BCUT2D eigenvalue weighted by Crippen LogP contribution is -2.46. The third-order valence-electron chi connectivity index (χ3n) is 4.45. The van der Waals surface area contributed by atoms with Gasteiger partial charge in [0.2, 0.25) is 10.0 Å². The first-order chi connectivity index (χ1) is 10.9. The maximum Gasteiger partial charge on any atom is 0.245 e. The van der Waals surface area contributed by atoms with Crippen molar-refractivity contribution in [3.05, 3.63) is 24.0 Å². The van der Waals surface area contributed by atoms with Gasteiger partial charge in [0.1, 0.15) is 23.1 Å². The molecule has 0 aromatic heterocycles. The smallest absolute Gasteiger partial charge is 0.245 e. The van der Waals surface area contributed by atoms with Gasteiger partial charge in [0.05, 0.1) is 12.7 Å². The van der Waals surface area contributed by atoms with E-state index >= 15 is 0 Å². The second-order valence-corrected chi connectivity index (χ2v) is 7.79. The number of rotatable bonds is 3. The van der Waals surface area contributed by atoms with Crippen LogP contribution in [0.2, 0.25) is 0 Å². The summed E-state index contributed by atoms with van der Waals surface area (Å²) in [5.41, 5.74) is -0.540. The van der Waals surface area contributed by atoms with Crippen molar-refractivity contribution in [2.24, 2.45) is 0 Å². The van der Waals surface area contributed by atoms with Gasteiger partial charge in [-0.05, 0) is 25.0 Å². The molecule has 0 atom stereocenters. The Morgan fingerprint density at radius 3 is 2.52 bits per heavy atom. The van der Waals surface area contributed by atoms with Crippen molar-refractivity contribution in [3.63, 3.8) is 0 Å². The highest BCUT2D eigenvalue weighted by molar-refractivity contribution is 7.89. The molecular weight excluding hydrogens is 325 g/mol. The molecule has 3 rings (SSSR count). The molecule has 2 aliphatic heterocycles. The minimum absolute atomic E-state index is 0.0440. The van der Waals surface area contributed by atoms with E-state index in [-0.39, 0.29) is 36.1 Å². The van der Waals surface area contributed by atoms with Crippen molar-refractivity contribution in [1.82, 2.24) is 4.31 Å². The summed E-state index contributed by atoms with van der Waals surface area (Å²) in [4.78, 5) is 11.0. The van der Waals surface area contributed by atoms with Gasteiger partial charge in [-0.25, -0.2) is 12.8 Å². The van der Waals surface area contributed by atoms with Gasteiger partial charge in [0.25, 0.3) is 0 Å². The van der Waals surface area contributed by atoms with Crippen molar-refractivity contribution < 1.29 is 27.1 Å². The van der Waals surface area contributed by atoms with E-state index in [0.29, 0.717) is 19.3 Å². The molecule has 2 aliphatic rings. The van der Waals surface area contributed by atoms with E-state index in [9.17, 15) is 17.6 Å². The summed E-state index contributed by atoms with van der Waals surface area (Å²) in [5.74, 6) is -0.531. The van der Waals surface area contributed by atoms with Crippen molar-refractivity contribution in [3.8, 4) is 5.75 Å². The topological polar surface area (TPSA) is 72.9 Å². The molecule has 23 heavy (non-hydrogen) atoms. The fraction of sp³-hybridized carbons (Fsp3) is 0.533. The number of hydrogen-bond donors (Lipinski definition) is 0. The SMILES string of the molecule is COc1ccc(S(=O)(=O)N2CCC3(CC2)CC(=O)CO3)c(F)c1. The summed E-state index contributed by atoms with van der Waals surface area (Å²) in [6.45, 7) is 0.516. The van der Waals surface area contributed by atoms with E-state index in [1.807, 2.05) is 0 Å². The number of carbonyl (C=O) groups excluding carboxylic acids is 1. The number of nitrogens with zero attached hydrogens (tertiary/aromatic N) is 1. The largest absolute Gasteiger partial charge is 0.497 e. The highest BCUT2D eigenvalue weighted by Crippen LogP contribution is 2.36. The molecule has 2 saturated heterocycles. The van der Waals surface area contributed by atoms with Crippen molar-refractivity contribution >= 4 is 15.8 Å². The monoisotopic (exact) mass is 343 g/mol. The molecule has 8 heteroatoms. The Morgan fingerprint density at radius 1 is 1.30 bits per heavy atom. The minimum atomic E-state index is -3.92. The first-order valence-corrected chi connectivity index (χ1v) is 8.80. The predicted molar refractivity (Wildman–Crippen MR) is 79.3 cm³/mol. The molecule has 1 aromatic carbocycles. The highest BCUT2D eigenvalue weighted by Gasteiger charge is 2.44. The molecule has 0 N–H and O–H groups in total. The van der Waals surface area contributed by atoms with Crippen LogP contribution in [0.15, 0.2) is 23.1 Å². The standard InChI is InChI=1S/C15H18FNO5S/c1-21-12-2-3-14(13(16)8-12)23(19,20)17-6-4-15(5-7-17)9-11(18)10-22-15/h2-3,8H,4-7,9-10H2,1H3. The van der Waals surface area contributed by atoms with Crippen LogP contribution >= 0.6 is 0 Å². The quantitative estimate of drug-likeness (QED) is 0.828. The number of methoxy groups -OCH3 is 1. The van der Waals surface area contributed by atoms with E-state index in [2.05, 4.69) is 0 Å². The maximum absolute atomic E-state index is 14.1. The minimum Gasteiger partial charge on any atom is -0.497 e. The number of carbonyl (C=O) groups is 1. The van der Waals surface area contributed by atoms with Gasteiger partial charge < -0.3 is 9.47 Å². The zero-order chi connectivity index (χ0) is 16.7. The zero-order valence-corrected chi connectivity index (χ0v) is 13.6. The van der Waals surface area contributed by atoms with Crippen LogP contribution in [0.1, 0.15) is 19.3 Å². The zero-order valence-electron chi connectivity index (χ0n) is 12.7. The number of ketones is 1. The average Bonchev–Trinajstić information content (AvgIpc) is 2.88. The summed E-state index contributed by atoms with van der Waals surface area (Å²) in [6.07, 6.45) is 1.21. The molecule has 0 unspecified atom stereocenters. The Labute approximate surface area is 134 Å². The number of benzene rings is 1. The first kappa shape index (κ1) is 16.4. The Balaban J connectivity index is 1.78. The van der Waals surface area contributed by atoms with Crippen molar-refractivity contribution in [1.29, 1.82) is 0 Å². The number of hydrogen-bond acceptors (Lipinski definition) is 5. The molecule has 1 aromatic rings. The highest BCUT2D eigenvalue weighted by atomic mass is 32.2. The lowest BCUT2D eigenvalue weighted by Gasteiger charge is -2.37. The molecule has 0 amide bonds. The second-order valence-electron chi connectivity index (χ2n) is 5.89. The van der Waals surface area contributed by atoms with Crippen molar-refractivity contribution in [2.75, 3.05) is 26.8 Å². The number of piperidine rings is 1. The van der Waals surface area contributed by atoms with Crippen LogP contribution in [-0.4, -0.2) is 50.9 Å². The molecule has 0 saturated carbocycles. The normalized spacial score (nSPS) is 21.7. The average molecular weight is 343 g/mol. The summed E-state index contributed by atoms with van der Waals surface area (Å²) >= 11 is 0. The maximum atomic E-state index is 14.1. The fourth-order valence-electron chi connectivity index (χ4n) is 3.11. The third-order valence-corrected chi connectivity index (χ3v) is 6.38. The van der Waals surface area contributed by atoms with Gasteiger partial charge in [-0.15, -0.1) is 0 Å². The Hall–Kier alpha value is -1.51. The molecule has 2 fully saturated rings. The Kier molecular flexibility index (Phi) is 4.16. The molecule has 0 radical (unpaired) electrons. The number of Topliss-reactive ketones (excluding diaryl/α,β-unsaturated/α-hetero) is 1. The fourth-order valence-corrected chi connectivity index (χ4v) is 4.59. The van der Waals surface area contributed by atoms with E-state index < -0.39 is 21.4 Å². The van der Waals surface area contributed by atoms with Crippen LogP contribution < -0.4 is 4.74 Å². The van der Waals surface area contributed by atoms with Crippen LogP contribution in [0.25, 0.3) is 0 Å². The first-order valence-electron chi connectivity index (χ1n) is 7.36. The third kappa shape index (κ3) is 2.98. The van der Waals surface area contributed by atoms with Gasteiger partial charge in [0, 0.05) is 25.6 Å². The van der Waals surface area contributed by atoms with Crippen LogP contribution in [0, 0.1) is 5.82 Å². The summed E-state index contributed by atoms with van der Waals surface area (Å²) in [6, 6.07) is 3.68. The molecule has 0 bridgehead atoms. The number of ether oxygens (including phenoxy) is 2. The van der Waals surface area contributed by atoms with Gasteiger partial charge in [-0.2, -0.15) is 4.31 Å². The molecular formula is C15H18FNO5S. The second kappa shape index (κ2) is 5.85. The van der Waals surface area contributed by atoms with Gasteiger partial charge in [-0.1, -0.05) is 0 Å². The molecule has 6 nitrogen and oxygen atoms in total. The van der Waals surface area contributed by atoms with Gasteiger partial charge in [-0.3, -0.25) is 4.79 Å². The van der Waals surface area contributed by atoms with E-state index in [1.54, 1.807) is 0 Å². The molecule has 1 spiro atoms. The summed E-state index contributed by atoms with van der Waals surface area (Å²) < 4.78 is 51.0. The number of sulfonamides is 1. The van der Waals surface area contributed by atoms with Crippen LogP contribution in [0.5, 0.6) is 5.75 Å². The van der Waals surface area contributed by atoms with E-state index in [0.717, 1.165) is 6.07 Å². The molecule has 0 aliphatic carbocycles. The summed E-state index contributed by atoms with van der Waals surface area (Å²) in [5, 5.41) is 0. The van der Waals surface area contributed by atoms with Crippen LogP contribution in [-0.2, 0) is 19.6 Å². The lowest BCUT2D eigenvalue weighted by atomic mass is 9.89. The predicted octanol–water partition coefficient (Wildman–Crippen LogP) is 1.35. The van der Waals surface area contributed by atoms with Gasteiger partial charge in [0.15, 0.2) is 5.78 Å². The Morgan fingerprint density at radius 2 is 2.00 bits per heavy atom. The van der Waals surface area contributed by atoms with Crippen LogP contribution in [0.4, 0.5) is 4.39 Å². The van der Waals surface area contributed by atoms with E-state index in [1.165, 1.54) is 23.5 Å².